The third kappa shape index (κ3) is 4.57. The number of carbonyl (C=O) groups excluding carboxylic acids is 1. The summed E-state index contributed by atoms with van der Waals surface area (Å²) in [6, 6.07) is 14.4. The first-order valence-corrected chi connectivity index (χ1v) is 8.85. The number of aromatic nitrogens is 1. The average molecular weight is 338 g/mol. The molecule has 2 heterocycles. The third-order valence-corrected chi connectivity index (χ3v) is 4.58. The Labute approximate surface area is 149 Å². The van der Waals surface area contributed by atoms with Gasteiger partial charge in [-0.3, -0.25) is 4.79 Å². The molecule has 0 saturated carbocycles. The van der Waals surface area contributed by atoms with Crippen LogP contribution >= 0.6 is 0 Å². The minimum Gasteiger partial charge on any atom is -0.362 e. The number of carbonyl (C=O) groups is 1. The number of nitrogens with zero attached hydrogens (tertiary/aromatic N) is 3. The van der Waals surface area contributed by atoms with E-state index in [0.29, 0.717) is 5.56 Å². The van der Waals surface area contributed by atoms with Gasteiger partial charge < -0.3 is 15.1 Å². The molecule has 0 unspecified atom stereocenters. The standard InChI is InChI=1S/C20H26N4O/c1-23(2)20(25)17-10-11-19(21-14-17)22-18(15-24-12-6-7-13-24)16-8-4-3-5-9-16/h3-5,8-11,14,18H,6-7,12-13,15H2,1-2H3,(H,21,22)/t18-/m0/s1. The highest BCUT2D eigenvalue weighted by atomic mass is 16.2. The smallest absolute Gasteiger partial charge is 0.254 e. The third-order valence-electron chi connectivity index (χ3n) is 4.58. The molecule has 1 atom stereocenters. The molecule has 0 aliphatic carbocycles. The minimum atomic E-state index is -0.0317. The highest BCUT2D eigenvalue weighted by Crippen LogP contribution is 2.22. The van der Waals surface area contributed by atoms with Crippen molar-refractivity contribution in [3.05, 3.63) is 59.8 Å². The van der Waals surface area contributed by atoms with Crippen molar-refractivity contribution in [3.63, 3.8) is 0 Å². The van der Waals surface area contributed by atoms with E-state index in [1.54, 1.807) is 25.2 Å². The maximum atomic E-state index is 12.0. The van der Waals surface area contributed by atoms with Crippen LogP contribution in [0.2, 0.25) is 0 Å². The van der Waals surface area contributed by atoms with Gasteiger partial charge in [-0.2, -0.15) is 0 Å². The molecule has 1 amide bonds. The summed E-state index contributed by atoms with van der Waals surface area (Å²) in [4.78, 5) is 20.5. The van der Waals surface area contributed by atoms with Crippen LogP contribution in [-0.4, -0.2) is 54.4 Å². The lowest BCUT2D eigenvalue weighted by Gasteiger charge is -2.25. The molecule has 0 radical (unpaired) electrons. The Balaban J connectivity index is 1.74. The fourth-order valence-corrected chi connectivity index (χ4v) is 3.19. The topological polar surface area (TPSA) is 48.5 Å². The van der Waals surface area contributed by atoms with E-state index >= 15 is 0 Å². The van der Waals surface area contributed by atoms with Gasteiger partial charge in [0.05, 0.1) is 11.6 Å². The summed E-state index contributed by atoms with van der Waals surface area (Å²) < 4.78 is 0. The largest absolute Gasteiger partial charge is 0.362 e. The summed E-state index contributed by atoms with van der Waals surface area (Å²) in [7, 11) is 3.49. The molecule has 25 heavy (non-hydrogen) atoms. The van der Waals surface area contributed by atoms with Gasteiger partial charge in [0.2, 0.25) is 0 Å². The molecule has 5 heteroatoms. The molecular weight excluding hydrogens is 312 g/mol. The number of hydrogen-bond donors (Lipinski definition) is 1. The van der Waals surface area contributed by atoms with Crippen LogP contribution in [0.1, 0.15) is 34.8 Å². The number of amides is 1. The maximum Gasteiger partial charge on any atom is 0.254 e. The van der Waals surface area contributed by atoms with Crippen LogP contribution in [0.4, 0.5) is 5.82 Å². The normalized spacial score (nSPS) is 15.8. The van der Waals surface area contributed by atoms with Crippen LogP contribution in [0, 0.1) is 0 Å². The molecule has 1 fully saturated rings. The molecule has 1 aliphatic rings. The lowest BCUT2D eigenvalue weighted by Crippen LogP contribution is -2.29. The second-order valence-electron chi connectivity index (χ2n) is 6.75. The number of nitrogens with one attached hydrogen (secondary N) is 1. The highest BCUT2D eigenvalue weighted by Gasteiger charge is 2.19. The van der Waals surface area contributed by atoms with Crippen molar-refractivity contribution in [1.82, 2.24) is 14.8 Å². The second-order valence-corrected chi connectivity index (χ2v) is 6.75. The van der Waals surface area contributed by atoms with Gasteiger partial charge in [0, 0.05) is 26.8 Å². The predicted molar refractivity (Wildman–Crippen MR) is 101 cm³/mol. The number of benzene rings is 1. The summed E-state index contributed by atoms with van der Waals surface area (Å²) in [5.74, 6) is 0.763. The van der Waals surface area contributed by atoms with E-state index in [1.165, 1.54) is 18.4 Å². The summed E-state index contributed by atoms with van der Waals surface area (Å²) in [5.41, 5.74) is 1.86. The summed E-state index contributed by atoms with van der Waals surface area (Å²) >= 11 is 0. The number of pyridine rings is 1. The molecule has 1 aromatic carbocycles. The van der Waals surface area contributed by atoms with E-state index in [0.717, 1.165) is 25.5 Å². The Morgan fingerprint density at radius 2 is 1.88 bits per heavy atom. The molecular formula is C20H26N4O. The zero-order valence-electron chi connectivity index (χ0n) is 15.0. The Morgan fingerprint density at radius 1 is 1.16 bits per heavy atom. The van der Waals surface area contributed by atoms with Gasteiger partial charge in [0.1, 0.15) is 5.82 Å². The molecule has 0 bridgehead atoms. The number of likely N-dealkylation sites (tertiary alicyclic amines) is 1. The fraction of sp³-hybridized carbons (Fsp3) is 0.400. The van der Waals surface area contributed by atoms with Crippen LogP contribution in [0.5, 0.6) is 0 Å². The molecule has 1 saturated heterocycles. The molecule has 1 aromatic heterocycles. The predicted octanol–water partition coefficient (Wildman–Crippen LogP) is 3.03. The maximum absolute atomic E-state index is 12.0. The van der Waals surface area contributed by atoms with Gasteiger partial charge in [-0.15, -0.1) is 0 Å². The molecule has 2 aromatic rings. The van der Waals surface area contributed by atoms with Crippen molar-refractivity contribution in [2.75, 3.05) is 39.0 Å². The summed E-state index contributed by atoms with van der Waals surface area (Å²) in [5, 5.41) is 3.54. The van der Waals surface area contributed by atoms with Gasteiger partial charge in [-0.25, -0.2) is 4.98 Å². The van der Waals surface area contributed by atoms with Crippen molar-refractivity contribution in [3.8, 4) is 0 Å². The lowest BCUT2D eigenvalue weighted by atomic mass is 10.1. The zero-order chi connectivity index (χ0) is 17.6. The van der Waals surface area contributed by atoms with Gasteiger partial charge in [-0.1, -0.05) is 30.3 Å². The van der Waals surface area contributed by atoms with E-state index in [9.17, 15) is 4.79 Å². The van der Waals surface area contributed by atoms with E-state index in [2.05, 4.69) is 39.5 Å². The molecule has 1 N–H and O–H groups in total. The van der Waals surface area contributed by atoms with Crippen LogP contribution in [0.25, 0.3) is 0 Å². The summed E-state index contributed by atoms with van der Waals surface area (Å²) in [6.07, 6.45) is 4.20. The van der Waals surface area contributed by atoms with Crippen LogP contribution in [-0.2, 0) is 0 Å². The quantitative estimate of drug-likeness (QED) is 0.879. The van der Waals surface area contributed by atoms with Gasteiger partial charge >= 0.3 is 0 Å². The van der Waals surface area contributed by atoms with E-state index < -0.39 is 0 Å². The number of rotatable bonds is 6. The van der Waals surface area contributed by atoms with Crippen molar-refractivity contribution < 1.29 is 4.79 Å². The Kier molecular flexibility index (Phi) is 5.66. The fourth-order valence-electron chi connectivity index (χ4n) is 3.19. The lowest BCUT2D eigenvalue weighted by molar-refractivity contribution is 0.0827. The first-order chi connectivity index (χ1) is 12.1. The molecule has 132 valence electrons. The summed E-state index contributed by atoms with van der Waals surface area (Å²) in [6.45, 7) is 3.29. The van der Waals surface area contributed by atoms with E-state index in [4.69, 9.17) is 0 Å². The van der Waals surface area contributed by atoms with Crippen molar-refractivity contribution in [2.24, 2.45) is 0 Å². The average Bonchev–Trinajstić information content (AvgIpc) is 3.15. The van der Waals surface area contributed by atoms with Gasteiger partial charge in [-0.05, 0) is 43.6 Å². The van der Waals surface area contributed by atoms with Crippen LogP contribution < -0.4 is 5.32 Å². The SMILES string of the molecule is CN(C)C(=O)c1ccc(N[C@@H](CN2CCCC2)c2ccccc2)nc1. The molecule has 3 rings (SSSR count). The first-order valence-electron chi connectivity index (χ1n) is 8.85. The number of anilines is 1. The van der Waals surface area contributed by atoms with Crippen molar-refractivity contribution in [1.29, 1.82) is 0 Å². The Hall–Kier alpha value is -2.40. The van der Waals surface area contributed by atoms with Crippen LogP contribution in [0.3, 0.4) is 0 Å². The molecule has 0 spiro atoms. The minimum absolute atomic E-state index is 0.0317. The van der Waals surface area contributed by atoms with E-state index in [1.807, 2.05) is 18.2 Å². The van der Waals surface area contributed by atoms with Crippen molar-refractivity contribution >= 4 is 11.7 Å². The van der Waals surface area contributed by atoms with Gasteiger partial charge in [0.15, 0.2) is 0 Å². The van der Waals surface area contributed by atoms with Crippen LogP contribution in [0.15, 0.2) is 48.7 Å². The van der Waals surface area contributed by atoms with Gasteiger partial charge in [0.25, 0.3) is 5.91 Å². The Morgan fingerprint density at radius 3 is 2.48 bits per heavy atom. The monoisotopic (exact) mass is 338 g/mol. The number of hydrogen-bond acceptors (Lipinski definition) is 4. The Bertz CT molecular complexity index is 679. The molecule has 1 aliphatic heterocycles. The van der Waals surface area contributed by atoms with E-state index in [-0.39, 0.29) is 11.9 Å². The second kappa shape index (κ2) is 8.12. The first kappa shape index (κ1) is 17.4. The zero-order valence-corrected chi connectivity index (χ0v) is 15.0. The van der Waals surface area contributed by atoms with Crippen molar-refractivity contribution in [2.45, 2.75) is 18.9 Å². The molecule has 5 nitrogen and oxygen atoms in total. The highest BCUT2D eigenvalue weighted by molar-refractivity contribution is 5.93.